The van der Waals surface area contributed by atoms with E-state index in [0.717, 1.165) is 66.7 Å². The van der Waals surface area contributed by atoms with Crippen LogP contribution in [0.5, 0.6) is 0 Å². The van der Waals surface area contributed by atoms with E-state index in [1.165, 1.54) is 135 Å². The Balaban J connectivity index is 5.43. The minimum atomic E-state index is -3.82. The van der Waals surface area contributed by atoms with Crippen molar-refractivity contribution in [2.75, 3.05) is 0 Å². The van der Waals surface area contributed by atoms with Crippen LogP contribution in [0, 0.1) is 0 Å². The van der Waals surface area contributed by atoms with E-state index in [4.69, 9.17) is 3.07 Å². The topological polar surface area (TPSA) is 63.6 Å². The van der Waals surface area contributed by atoms with Gasteiger partial charge in [0.1, 0.15) is 0 Å². The molecule has 0 saturated heterocycles. The van der Waals surface area contributed by atoms with E-state index in [0.29, 0.717) is 6.42 Å². The van der Waals surface area contributed by atoms with Gasteiger partial charge in [-0.2, -0.15) is 0 Å². The van der Waals surface area contributed by atoms with E-state index in [-0.39, 0.29) is 5.97 Å². The maximum absolute atomic E-state index is 13.5. The summed E-state index contributed by atoms with van der Waals surface area (Å²) in [6, 6.07) is 0. The number of hydrogen-bond acceptors (Lipinski definition) is 3. The minimum absolute atomic E-state index is 0.0621. The van der Waals surface area contributed by atoms with Crippen molar-refractivity contribution < 1.29 is 17.8 Å². The first kappa shape index (κ1) is 44.7. The van der Waals surface area contributed by atoms with Gasteiger partial charge in [-0.15, -0.1) is 0 Å². The Morgan fingerprint density at radius 1 is 0.467 bits per heavy atom. The fraction of sp³-hybridized carbons (Fsp3) is 0.950. The molecule has 0 aliphatic rings. The van der Waals surface area contributed by atoms with E-state index in [2.05, 4.69) is 27.7 Å². The molecule has 0 radical (unpaired) electrons. The zero-order valence-electron chi connectivity index (χ0n) is 31.1. The molecule has 0 aliphatic heterocycles. The fourth-order valence-electron chi connectivity index (χ4n) is 7.01. The van der Waals surface area contributed by atoms with Gasteiger partial charge in [0.2, 0.25) is 0 Å². The van der Waals surface area contributed by atoms with E-state index >= 15 is 0 Å². The van der Waals surface area contributed by atoms with Crippen molar-refractivity contribution in [2.45, 2.75) is 240 Å². The molecule has 0 bridgehead atoms. The van der Waals surface area contributed by atoms with Gasteiger partial charge in [-0.05, 0) is 0 Å². The number of carboxylic acids is 1. The Morgan fingerprint density at radius 2 is 0.778 bits per heavy atom. The predicted molar refractivity (Wildman–Crippen MR) is 199 cm³/mol. The van der Waals surface area contributed by atoms with Crippen LogP contribution in [0.15, 0.2) is 0 Å². The van der Waals surface area contributed by atoms with Gasteiger partial charge < -0.3 is 0 Å². The summed E-state index contributed by atoms with van der Waals surface area (Å²) < 4.78 is 8.13. The molecule has 0 aromatic carbocycles. The molecule has 45 heavy (non-hydrogen) atoms. The number of carbonyl (C=O) groups is 2. The van der Waals surface area contributed by atoms with Crippen LogP contribution in [0.2, 0.25) is 12.8 Å². The van der Waals surface area contributed by atoms with Crippen LogP contribution in [0.3, 0.4) is 0 Å². The molecule has 0 heterocycles. The summed E-state index contributed by atoms with van der Waals surface area (Å²) in [4.78, 5) is 26.5. The monoisotopic (exact) mass is 745 g/mol. The first-order valence-electron chi connectivity index (χ1n) is 20.4. The summed E-state index contributed by atoms with van der Waals surface area (Å²) in [6.45, 7) is 9.01. The molecule has 1 unspecified atom stereocenters. The van der Waals surface area contributed by atoms with Crippen LogP contribution >= 0.6 is 0 Å². The molecule has 4 nitrogen and oxygen atoms in total. The second kappa shape index (κ2) is 33.6. The van der Waals surface area contributed by atoms with Crippen molar-refractivity contribution in [2.24, 2.45) is 0 Å². The van der Waals surface area contributed by atoms with Gasteiger partial charge in [0.05, 0.1) is 0 Å². The fourth-order valence-corrected chi connectivity index (χ4v) is 20.5. The van der Waals surface area contributed by atoms with Crippen LogP contribution in [0.1, 0.15) is 227 Å². The first-order valence-corrected chi connectivity index (χ1v) is 27.3. The third-order valence-corrected chi connectivity index (χ3v) is 23.8. The quantitative estimate of drug-likeness (QED) is 0.0513. The van der Waals surface area contributed by atoms with Gasteiger partial charge in [-0.25, -0.2) is 0 Å². The Bertz CT molecular complexity index is 636. The molecule has 0 aromatic rings. The maximum atomic E-state index is 13.5. The summed E-state index contributed by atoms with van der Waals surface area (Å²) in [7, 11) is 0. The molecule has 5 heteroatoms. The normalized spacial score (nSPS) is 12.4. The van der Waals surface area contributed by atoms with Crippen molar-refractivity contribution in [1.29, 1.82) is 0 Å². The Kier molecular flexibility index (Phi) is 33.4. The molecule has 0 spiro atoms. The Hall–Kier alpha value is -0.261. The van der Waals surface area contributed by atoms with Crippen LogP contribution < -0.4 is 0 Å². The van der Waals surface area contributed by atoms with Gasteiger partial charge in [-0.1, -0.05) is 6.92 Å². The van der Waals surface area contributed by atoms with Crippen molar-refractivity contribution in [3.8, 4) is 0 Å². The number of unbranched alkanes of at least 4 members (excludes halogenated alkanes) is 25. The van der Waals surface area contributed by atoms with Gasteiger partial charge in [0.25, 0.3) is 0 Å². The molecule has 0 rings (SSSR count). The molecule has 1 atom stereocenters. The molecule has 0 saturated carbocycles. The Labute approximate surface area is 286 Å². The van der Waals surface area contributed by atoms with E-state index in [9.17, 15) is 14.7 Å². The molecule has 1 N–H and O–H groups in total. The molecule has 0 amide bonds. The molecule has 268 valence electrons. The van der Waals surface area contributed by atoms with Crippen LogP contribution in [-0.4, -0.2) is 35.8 Å². The van der Waals surface area contributed by atoms with Crippen LogP contribution in [0.25, 0.3) is 0 Å². The predicted octanol–water partition coefficient (Wildman–Crippen LogP) is 14.1. The first-order chi connectivity index (χ1) is 22.0. The molecular formula is C40H80O4Sn. The van der Waals surface area contributed by atoms with Gasteiger partial charge in [0.15, 0.2) is 0 Å². The van der Waals surface area contributed by atoms with Crippen LogP contribution in [0.4, 0.5) is 0 Å². The summed E-state index contributed by atoms with van der Waals surface area (Å²) in [6.07, 6.45) is 36.3. The van der Waals surface area contributed by atoms with Gasteiger partial charge in [0, 0.05) is 0 Å². The number of carbonyl (C=O) groups excluding carboxylic acids is 1. The van der Waals surface area contributed by atoms with Crippen LogP contribution in [-0.2, 0) is 12.7 Å². The molecule has 0 aromatic heterocycles. The second-order valence-corrected chi connectivity index (χ2v) is 25.8. The van der Waals surface area contributed by atoms with Crippen molar-refractivity contribution in [1.82, 2.24) is 0 Å². The van der Waals surface area contributed by atoms with E-state index in [1.807, 2.05) is 0 Å². The van der Waals surface area contributed by atoms with E-state index in [1.54, 1.807) is 0 Å². The number of aliphatic carboxylic acids is 1. The van der Waals surface area contributed by atoms with Crippen molar-refractivity contribution >= 4 is 30.7 Å². The molecule has 0 aliphatic carbocycles. The SMILES string of the molecule is CCCCCCCCCCCC(=O)[O][Sn]([CH2]CCCCCCC)([CH2]CCCCCCC)[CH](CCCCCCCCCC)C(=O)O. The third kappa shape index (κ3) is 26.4. The Morgan fingerprint density at radius 3 is 1.13 bits per heavy atom. The summed E-state index contributed by atoms with van der Waals surface area (Å²) in [5, 5.41) is 10.7. The third-order valence-electron chi connectivity index (χ3n) is 9.99. The molecular weight excluding hydrogens is 663 g/mol. The number of hydrogen-bond donors (Lipinski definition) is 1. The van der Waals surface area contributed by atoms with E-state index < -0.39 is 28.7 Å². The van der Waals surface area contributed by atoms with Crippen molar-refractivity contribution in [3.63, 3.8) is 0 Å². The van der Waals surface area contributed by atoms with Gasteiger partial charge in [-0.3, -0.25) is 0 Å². The van der Waals surface area contributed by atoms with Crippen molar-refractivity contribution in [3.05, 3.63) is 0 Å². The average molecular weight is 744 g/mol. The zero-order chi connectivity index (χ0) is 33.3. The molecule has 0 fully saturated rings. The number of rotatable bonds is 36. The number of carboxylic acid groups (broad SMARTS) is 1. The standard InChI is InChI=1S/C12H24O2.C12H23O2.2C8H17.Sn/c2*1-2-3-4-5-6-7-8-9-10-11-12(13)14;2*1-3-5-7-8-6-4-2;/h2-11H2,1H3,(H,13,14);11H,2-10H2,1H3,(H,13,14);2*1,3-8H2,2H3;/q;;;;+1/p-1. The average Bonchev–Trinajstić information content (AvgIpc) is 3.02. The zero-order valence-corrected chi connectivity index (χ0v) is 33.9. The summed E-state index contributed by atoms with van der Waals surface area (Å²) in [5.41, 5.74) is 0. The second-order valence-electron chi connectivity index (χ2n) is 14.3. The summed E-state index contributed by atoms with van der Waals surface area (Å²) in [5.74, 6) is -0.727. The van der Waals surface area contributed by atoms with Gasteiger partial charge >= 0.3 is 281 Å². The summed E-state index contributed by atoms with van der Waals surface area (Å²) >= 11 is -3.82.